The quantitative estimate of drug-likeness (QED) is 0.439. The number of amides is 3. The van der Waals surface area contributed by atoms with Gasteiger partial charge < -0.3 is 14.8 Å². The molecule has 33 heavy (non-hydrogen) atoms. The Kier molecular flexibility index (Phi) is 7.59. The first kappa shape index (κ1) is 24.1. The number of carbonyl (C=O) groups is 5. The summed E-state index contributed by atoms with van der Waals surface area (Å²) < 4.78 is 10.1. The number of benzene rings is 1. The number of rotatable bonds is 9. The first-order chi connectivity index (χ1) is 15.8. The maximum absolute atomic E-state index is 12.6. The maximum atomic E-state index is 12.6. The van der Waals surface area contributed by atoms with Crippen LogP contribution in [0.15, 0.2) is 24.3 Å². The Morgan fingerprint density at radius 3 is 2.12 bits per heavy atom. The molecule has 0 bridgehead atoms. The lowest BCUT2D eigenvalue weighted by Gasteiger charge is -2.13. The Morgan fingerprint density at radius 1 is 0.970 bits per heavy atom. The number of fused-ring (bicyclic) bond motifs is 1. The third kappa shape index (κ3) is 4.95. The van der Waals surface area contributed by atoms with Gasteiger partial charge in [-0.15, -0.1) is 11.3 Å². The summed E-state index contributed by atoms with van der Waals surface area (Å²) in [5, 5.41) is 2.85. The molecule has 1 N–H and O–H groups in total. The van der Waals surface area contributed by atoms with Crippen LogP contribution < -0.4 is 5.32 Å². The fraction of sp³-hybridized carbons (Fsp3) is 0.348. The zero-order valence-corrected chi connectivity index (χ0v) is 19.4. The molecule has 2 heterocycles. The van der Waals surface area contributed by atoms with Gasteiger partial charge in [0.25, 0.3) is 11.8 Å². The van der Waals surface area contributed by atoms with Crippen molar-refractivity contribution in [2.45, 2.75) is 33.6 Å². The van der Waals surface area contributed by atoms with Crippen LogP contribution in [0.25, 0.3) is 0 Å². The molecule has 1 aromatic heterocycles. The molecule has 0 spiro atoms. The summed E-state index contributed by atoms with van der Waals surface area (Å²) in [5.41, 5.74) is 1.19. The lowest BCUT2D eigenvalue weighted by molar-refractivity contribution is -0.116. The minimum absolute atomic E-state index is 0.00135. The Hall–Kier alpha value is -3.53. The second-order valence-corrected chi connectivity index (χ2v) is 8.18. The van der Waals surface area contributed by atoms with Crippen molar-refractivity contribution in [1.82, 2.24) is 4.90 Å². The SMILES string of the molecule is CCOC(=O)c1sc(NC(=O)CCCN2C(=O)c3ccccc3C2=O)c(C(=O)OCC)c1C. The number of hydrogen-bond acceptors (Lipinski definition) is 8. The van der Waals surface area contributed by atoms with Crippen LogP contribution in [0.3, 0.4) is 0 Å². The normalized spacial score (nSPS) is 12.5. The predicted molar refractivity (Wildman–Crippen MR) is 121 cm³/mol. The summed E-state index contributed by atoms with van der Waals surface area (Å²) in [6, 6.07) is 6.57. The van der Waals surface area contributed by atoms with E-state index < -0.39 is 17.8 Å². The van der Waals surface area contributed by atoms with Gasteiger partial charge in [0.05, 0.1) is 29.9 Å². The number of carbonyl (C=O) groups excluding carboxylic acids is 5. The fourth-order valence-corrected chi connectivity index (χ4v) is 4.58. The summed E-state index contributed by atoms with van der Waals surface area (Å²) in [4.78, 5) is 63.4. The first-order valence-corrected chi connectivity index (χ1v) is 11.3. The van der Waals surface area contributed by atoms with Crippen LogP contribution in [0.2, 0.25) is 0 Å². The minimum atomic E-state index is -0.650. The van der Waals surface area contributed by atoms with Crippen molar-refractivity contribution in [1.29, 1.82) is 0 Å². The van der Waals surface area contributed by atoms with Gasteiger partial charge in [0, 0.05) is 13.0 Å². The van der Waals surface area contributed by atoms with Crippen LogP contribution in [-0.4, -0.2) is 54.3 Å². The topological polar surface area (TPSA) is 119 Å². The molecule has 174 valence electrons. The van der Waals surface area contributed by atoms with Crippen molar-refractivity contribution in [3.05, 3.63) is 51.4 Å². The van der Waals surface area contributed by atoms with Crippen LogP contribution in [0.1, 0.15) is 73.0 Å². The van der Waals surface area contributed by atoms with Gasteiger partial charge >= 0.3 is 11.9 Å². The van der Waals surface area contributed by atoms with Gasteiger partial charge in [-0.05, 0) is 44.9 Å². The summed E-state index contributed by atoms with van der Waals surface area (Å²) in [6.45, 7) is 5.31. The third-order valence-corrected chi connectivity index (χ3v) is 6.19. The molecule has 1 aliphatic heterocycles. The van der Waals surface area contributed by atoms with E-state index in [0.717, 1.165) is 16.2 Å². The molecule has 0 saturated heterocycles. The van der Waals surface area contributed by atoms with Crippen molar-refractivity contribution in [3.63, 3.8) is 0 Å². The highest BCUT2D eigenvalue weighted by Gasteiger charge is 2.34. The molecule has 2 aromatic rings. The number of anilines is 1. The van der Waals surface area contributed by atoms with Gasteiger partial charge in [-0.3, -0.25) is 19.3 Å². The van der Waals surface area contributed by atoms with Crippen molar-refractivity contribution in [2.75, 3.05) is 25.1 Å². The number of ether oxygens (including phenoxy) is 2. The number of nitrogens with one attached hydrogen (secondary N) is 1. The summed E-state index contributed by atoms with van der Waals surface area (Å²) in [6.07, 6.45) is 0.239. The van der Waals surface area contributed by atoms with Crippen molar-refractivity contribution < 1.29 is 33.4 Å². The molecule has 0 radical (unpaired) electrons. The molecule has 0 atom stereocenters. The van der Waals surface area contributed by atoms with Crippen LogP contribution in [0.5, 0.6) is 0 Å². The molecule has 9 nitrogen and oxygen atoms in total. The number of imide groups is 1. The molecule has 0 unspecified atom stereocenters. The van der Waals surface area contributed by atoms with Crippen LogP contribution >= 0.6 is 11.3 Å². The van der Waals surface area contributed by atoms with E-state index in [0.29, 0.717) is 16.7 Å². The van der Waals surface area contributed by atoms with Gasteiger partial charge in [0.15, 0.2) is 0 Å². The maximum Gasteiger partial charge on any atom is 0.348 e. The summed E-state index contributed by atoms with van der Waals surface area (Å²) >= 11 is 0.942. The van der Waals surface area contributed by atoms with E-state index in [1.165, 1.54) is 0 Å². The number of thiophene rings is 1. The molecule has 0 fully saturated rings. The van der Waals surface area contributed by atoms with Gasteiger partial charge in [-0.2, -0.15) is 0 Å². The van der Waals surface area contributed by atoms with E-state index >= 15 is 0 Å². The van der Waals surface area contributed by atoms with Gasteiger partial charge in [0.2, 0.25) is 5.91 Å². The van der Waals surface area contributed by atoms with Crippen LogP contribution in [0.4, 0.5) is 5.00 Å². The zero-order valence-electron chi connectivity index (χ0n) is 18.6. The third-order valence-electron chi connectivity index (χ3n) is 5.00. The second-order valence-electron chi connectivity index (χ2n) is 7.16. The Bertz CT molecular complexity index is 1090. The highest BCUT2D eigenvalue weighted by atomic mass is 32.1. The van der Waals surface area contributed by atoms with Gasteiger partial charge in [0.1, 0.15) is 9.88 Å². The predicted octanol–water partition coefficient (Wildman–Crippen LogP) is 3.42. The van der Waals surface area contributed by atoms with Gasteiger partial charge in [-0.1, -0.05) is 12.1 Å². The average Bonchev–Trinajstić information content (AvgIpc) is 3.23. The Morgan fingerprint density at radius 2 is 1.55 bits per heavy atom. The number of esters is 2. The molecule has 3 rings (SSSR count). The van der Waals surface area contributed by atoms with E-state index in [-0.39, 0.29) is 59.9 Å². The van der Waals surface area contributed by atoms with E-state index in [2.05, 4.69) is 5.32 Å². The second kappa shape index (κ2) is 10.4. The molecule has 0 saturated carbocycles. The largest absolute Gasteiger partial charge is 0.462 e. The zero-order chi connectivity index (χ0) is 24.1. The lowest BCUT2D eigenvalue weighted by Crippen LogP contribution is -2.31. The molecular weight excluding hydrogens is 448 g/mol. The number of nitrogens with zero attached hydrogens (tertiary/aromatic N) is 1. The van der Waals surface area contributed by atoms with Crippen LogP contribution in [-0.2, 0) is 14.3 Å². The molecule has 1 aliphatic rings. The van der Waals surface area contributed by atoms with E-state index in [9.17, 15) is 24.0 Å². The first-order valence-electron chi connectivity index (χ1n) is 10.5. The lowest BCUT2D eigenvalue weighted by atomic mass is 10.1. The van der Waals surface area contributed by atoms with Crippen molar-refractivity contribution in [2.24, 2.45) is 0 Å². The standard InChI is InChI=1S/C23H24N2O7S/c1-4-31-22(29)17-13(3)18(23(30)32-5-2)33-19(17)24-16(26)11-8-12-25-20(27)14-9-6-7-10-15(14)21(25)28/h6-7,9-10H,4-5,8,11-12H2,1-3H3,(H,24,26). The highest BCUT2D eigenvalue weighted by molar-refractivity contribution is 7.18. The Balaban J connectivity index is 1.67. The fourth-order valence-electron chi connectivity index (χ4n) is 3.47. The molecule has 10 heteroatoms. The molecule has 1 aromatic carbocycles. The molecular formula is C23H24N2O7S. The average molecular weight is 473 g/mol. The smallest absolute Gasteiger partial charge is 0.348 e. The van der Waals surface area contributed by atoms with Crippen molar-refractivity contribution >= 4 is 46.0 Å². The van der Waals surface area contributed by atoms with E-state index in [4.69, 9.17) is 9.47 Å². The highest BCUT2D eigenvalue weighted by Crippen LogP contribution is 2.34. The molecule has 3 amide bonds. The van der Waals surface area contributed by atoms with Gasteiger partial charge in [-0.25, -0.2) is 9.59 Å². The number of hydrogen-bond donors (Lipinski definition) is 1. The van der Waals surface area contributed by atoms with Crippen molar-refractivity contribution in [3.8, 4) is 0 Å². The Labute approximate surface area is 194 Å². The summed E-state index contributed by atoms with van der Waals surface area (Å²) in [5.74, 6) is -2.42. The summed E-state index contributed by atoms with van der Waals surface area (Å²) in [7, 11) is 0. The van der Waals surface area contributed by atoms with E-state index in [1.54, 1.807) is 45.0 Å². The minimum Gasteiger partial charge on any atom is -0.462 e. The van der Waals surface area contributed by atoms with E-state index in [1.807, 2.05) is 0 Å². The van der Waals surface area contributed by atoms with Crippen LogP contribution in [0, 0.1) is 6.92 Å². The monoisotopic (exact) mass is 472 g/mol. The molecule has 0 aliphatic carbocycles.